The van der Waals surface area contributed by atoms with Crippen molar-refractivity contribution in [2.24, 2.45) is 0 Å². The second-order valence-corrected chi connectivity index (χ2v) is 7.05. The number of unbranched alkanes of at least 4 members (excludes halogenated alkanes) is 10. The maximum Gasteiger partial charge on any atom is 0.102 e. The highest BCUT2D eigenvalue weighted by molar-refractivity contribution is 4.48. The van der Waals surface area contributed by atoms with Crippen molar-refractivity contribution in [3.05, 3.63) is 0 Å². The summed E-state index contributed by atoms with van der Waals surface area (Å²) in [5.74, 6) is 0. The molecule has 0 heterocycles. The van der Waals surface area contributed by atoms with E-state index in [1.54, 1.807) is 0 Å². The topological polar surface area (TPSA) is 20.2 Å². The number of halogens is 1. The molecule has 0 atom stereocenters. The van der Waals surface area contributed by atoms with Gasteiger partial charge < -0.3 is 33.6 Å². The molecule has 1 N–H and O–H groups in total. The van der Waals surface area contributed by atoms with Crippen LogP contribution in [0, 0.1) is 0 Å². The van der Waals surface area contributed by atoms with Gasteiger partial charge in [-0.15, -0.1) is 0 Å². The quantitative estimate of drug-likeness (QED) is 0.227. The molecule has 0 unspecified atom stereocenters. The van der Waals surface area contributed by atoms with Crippen LogP contribution in [0.1, 0.15) is 90.9 Å². The van der Waals surface area contributed by atoms with Crippen molar-refractivity contribution in [1.29, 1.82) is 0 Å². The fourth-order valence-electron chi connectivity index (χ4n) is 3.12. The van der Waals surface area contributed by atoms with E-state index < -0.39 is 0 Å². The lowest BCUT2D eigenvalue weighted by atomic mass is 10.1. The average Bonchev–Trinajstić information content (AvgIpc) is 2.47. The van der Waals surface area contributed by atoms with Crippen LogP contribution < -0.4 is 24.0 Å². The van der Waals surface area contributed by atoms with Crippen LogP contribution in [0.4, 0.5) is 0 Å². The summed E-state index contributed by atoms with van der Waals surface area (Å²) in [6.45, 7) is 8.32. The summed E-state index contributed by atoms with van der Waals surface area (Å²) >= 11 is 0. The van der Waals surface area contributed by atoms with Crippen LogP contribution in [0.5, 0.6) is 0 Å². The van der Waals surface area contributed by atoms with E-state index in [-0.39, 0.29) is 24.0 Å². The molecule has 22 heavy (non-hydrogen) atoms. The first-order chi connectivity index (χ1) is 10.2. The molecule has 0 spiro atoms. The van der Waals surface area contributed by atoms with Gasteiger partial charge in [-0.1, -0.05) is 65.2 Å². The second-order valence-electron chi connectivity index (χ2n) is 7.05. The monoisotopic (exact) mass is 427 g/mol. The Labute approximate surface area is 157 Å². The Kier molecular flexibility index (Phi) is 20.4. The number of hydrogen-bond acceptors (Lipinski definition) is 1. The van der Waals surface area contributed by atoms with Crippen LogP contribution in [0.3, 0.4) is 0 Å². The molecule has 0 aromatic rings. The molecule has 136 valence electrons. The number of hydrogen-bond donors (Lipinski definition) is 1. The second kappa shape index (κ2) is 18.0. The van der Waals surface area contributed by atoms with E-state index in [1.807, 2.05) is 0 Å². The highest BCUT2D eigenvalue weighted by atomic mass is 127. The SMILES string of the molecule is CCCCCCCC[N+](C)(CCO)CCCCCCCC.[I-]. The first-order valence-electron chi connectivity index (χ1n) is 9.63. The molecule has 0 rings (SSSR count). The lowest BCUT2D eigenvalue weighted by Crippen LogP contribution is -3.00. The molecule has 0 aromatic carbocycles. The summed E-state index contributed by atoms with van der Waals surface area (Å²) < 4.78 is 1.08. The molecule has 0 aliphatic heterocycles. The van der Waals surface area contributed by atoms with E-state index in [4.69, 9.17) is 0 Å². The van der Waals surface area contributed by atoms with Gasteiger partial charge in [-0.2, -0.15) is 0 Å². The average molecular weight is 427 g/mol. The first kappa shape index (κ1) is 24.9. The largest absolute Gasteiger partial charge is 1.00 e. The summed E-state index contributed by atoms with van der Waals surface area (Å²) in [5, 5.41) is 9.33. The Morgan fingerprint density at radius 2 is 0.955 bits per heavy atom. The number of quaternary nitrogens is 1. The van der Waals surface area contributed by atoms with Crippen molar-refractivity contribution in [2.75, 3.05) is 33.3 Å². The van der Waals surface area contributed by atoms with Crippen molar-refractivity contribution in [1.82, 2.24) is 0 Å². The summed E-state index contributed by atoms with van der Waals surface area (Å²) in [6.07, 6.45) is 16.4. The van der Waals surface area contributed by atoms with Gasteiger partial charge in [0.15, 0.2) is 0 Å². The van der Waals surface area contributed by atoms with Crippen molar-refractivity contribution in [3.63, 3.8) is 0 Å². The zero-order valence-electron chi connectivity index (χ0n) is 15.6. The highest BCUT2D eigenvalue weighted by Gasteiger charge is 2.19. The molecule has 0 fully saturated rings. The van der Waals surface area contributed by atoms with Crippen molar-refractivity contribution >= 4 is 0 Å². The fraction of sp³-hybridized carbons (Fsp3) is 1.00. The predicted octanol–water partition coefficient (Wildman–Crippen LogP) is 2.15. The zero-order chi connectivity index (χ0) is 15.8. The summed E-state index contributed by atoms with van der Waals surface area (Å²) in [4.78, 5) is 0. The molecular weight excluding hydrogens is 385 g/mol. The van der Waals surface area contributed by atoms with E-state index >= 15 is 0 Å². The number of rotatable bonds is 16. The van der Waals surface area contributed by atoms with Crippen LogP contribution >= 0.6 is 0 Å². The van der Waals surface area contributed by atoms with Gasteiger partial charge in [0.05, 0.1) is 26.7 Å². The summed E-state index contributed by atoms with van der Waals surface area (Å²) in [6, 6.07) is 0. The predicted molar refractivity (Wildman–Crippen MR) is 94.6 cm³/mol. The Bertz CT molecular complexity index is 196. The van der Waals surface area contributed by atoms with Crippen LogP contribution in [-0.4, -0.2) is 42.9 Å². The lowest BCUT2D eigenvalue weighted by Gasteiger charge is -2.34. The van der Waals surface area contributed by atoms with Crippen molar-refractivity contribution in [2.45, 2.75) is 90.9 Å². The van der Waals surface area contributed by atoms with Crippen LogP contribution in [0.25, 0.3) is 0 Å². The van der Waals surface area contributed by atoms with Crippen LogP contribution in [0.15, 0.2) is 0 Å². The molecule has 0 amide bonds. The standard InChI is InChI=1S/C19H42NO.HI/c1-4-6-8-10-12-14-16-20(3,18-19-21)17-15-13-11-9-7-5-2;/h21H,4-19H2,1-3H3;1H/q+1;/p-1. The molecule has 0 saturated carbocycles. The van der Waals surface area contributed by atoms with Gasteiger partial charge in [-0.25, -0.2) is 0 Å². The Morgan fingerprint density at radius 3 is 1.32 bits per heavy atom. The van der Waals surface area contributed by atoms with Gasteiger partial charge in [0, 0.05) is 0 Å². The molecule has 2 nitrogen and oxygen atoms in total. The number of aliphatic hydroxyl groups excluding tert-OH is 1. The Balaban J connectivity index is 0. The molecule has 0 aliphatic rings. The summed E-state index contributed by atoms with van der Waals surface area (Å²) in [7, 11) is 2.34. The van der Waals surface area contributed by atoms with E-state index in [9.17, 15) is 5.11 Å². The number of nitrogens with zero attached hydrogens (tertiary/aromatic N) is 1. The molecule has 0 aromatic heterocycles. The van der Waals surface area contributed by atoms with Crippen molar-refractivity contribution < 1.29 is 33.6 Å². The van der Waals surface area contributed by atoms with Gasteiger partial charge >= 0.3 is 0 Å². The van der Waals surface area contributed by atoms with Gasteiger partial charge in [0.2, 0.25) is 0 Å². The van der Waals surface area contributed by atoms with Gasteiger partial charge in [0.1, 0.15) is 6.54 Å². The molecule has 0 saturated heterocycles. The first-order valence-corrected chi connectivity index (χ1v) is 9.63. The Hall–Kier alpha value is 0.650. The van der Waals surface area contributed by atoms with E-state index in [2.05, 4.69) is 20.9 Å². The van der Waals surface area contributed by atoms with E-state index in [0.717, 1.165) is 11.0 Å². The molecule has 0 aliphatic carbocycles. The molecule has 3 heteroatoms. The molecule has 0 radical (unpaired) electrons. The highest BCUT2D eigenvalue weighted by Crippen LogP contribution is 2.13. The number of likely N-dealkylation sites (N-methyl/N-ethyl adjacent to an activating group) is 1. The summed E-state index contributed by atoms with van der Waals surface area (Å²) in [5.41, 5.74) is 0. The van der Waals surface area contributed by atoms with Crippen LogP contribution in [-0.2, 0) is 0 Å². The Morgan fingerprint density at radius 1 is 0.591 bits per heavy atom. The third-order valence-electron chi connectivity index (χ3n) is 4.74. The normalized spacial score (nSPS) is 11.5. The number of aliphatic hydroxyl groups is 1. The maximum absolute atomic E-state index is 9.33. The van der Waals surface area contributed by atoms with Crippen LogP contribution in [0.2, 0.25) is 0 Å². The molecule has 0 bridgehead atoms. The maximum atomic E-state index is 9.33. The minimum absolute atomic E-state index is 0. The fourth-order valence-corrected chi connectivity index (χ4v) is 3.12. The zero-order valence-corrected chi connectivity index (χ0v) is 17.7. The van der Waals surface area contributed by atoms with Gasteiger partial charge in [-0.05, 0) is 25.7 Å². The minimum Gasteiger partial charge on any atom is -1.00 e. The van der Waals surface area contributed by atoms with E-state index in [1.165, 1.54) is 90.1 Å². The van der Waals surface area contributed by atoms with E-state index in [0.29, 0.717) is 6.61 Å². The van der Waals surface area contributed by atoms with Gasteiger partial charge in [0.25, 0.3) is 0 Å². The third kappa shape index (κ3) is 15.5. The van der Waals surface area contributed by atoms with Crippen molar-refractivity contribution in [3.8, 4) is 0 Å². The van der Waals surface area contributed by atoms with Gasteiger partial charge in [-0.3, -0.25) is 0 Å². The minimum atomic E-state index is 0. The third-order valence-corrected chi connectivity index (χ3v) is 4.74. The smallest absolute Gasteiger partial charge is 0.102 e. The molecular formula is C19H42INO. The lowest BCUT2D eigenvalue weighted by molar-refractivity contribution is -0.910.